The van der Waals surface area contributed by atoms with Gasteiger partial charge in [-0.25, -0.2) is 0 Å². The number of carbonyl (C=O) groups excluding carboxylic acids is 1. The third-order valence-electron chi connectivity index (χ3n) is 3.42. The molecule has 4 nitrogen and oxygen atoms in total. The van der Waals surface area contributed by atoms with Crippen molar-refractivity contribution in [3.05, 3.63) is 0 Å². The van der Waals surface area contributed by atoms with Gasteiger partial charge in [0.1, 0.15) is 0 Å². The molecule has 0 bridgehead atoms. The van der Waals surface area contributed by atoms with Gasteiger partial charge in [-0.3, -0.25) is 4.79 Å². The van der Waals surface area contributed by atoms with Crippen LogP contribution >= 0.6 is 0 Å². The lowest BCUT2D eigenvalue weighted by atomic mass is 9.79. The zero-order chi connectivity index (χ0) is 12.7. The van der Waals surface area contributed by atoms with Crippen molar-refractivity contribution in [3.63, 3.8) is 0 Å². The Labute approximate surface area is 104 Å². The zero-order valence-corrected chi connectivity index (χ0v) is 11.1. The molecule has 1 aliphatic carbocycles. The van der Waals surface area contributed by atoms with E-state index in [1.54, 1.807) is 0 Å². The smallest absolute Gasteiger partial charge is 0.221 e. The lowest BCUT2D eigenvalue weighted by molar-refractivity contribution is -0.121. The van der Waals surface area contributed by atoms with Crippen molar-refractivity contribution in [2.75, 3.05) is 19.6 Å². The Kier molecular flexibility index (Phi) is 5.92. The van der Waals surface area contributed by atoms with Crippen LogP contribution in [0.25, 0.3) is 0 Å². The summed E-state index contributed by atoms with van der Waals surface area (Å²) in [6.07, 6.45) is 4.57. The minimum atomic E-state index is -0.557. The first kappa shape index (κ1) is 14.5. The minimum absolute atomic E-state index is 0.0732. The highest BCUT2D eigenvalue weighted by molar-refractivity contribution is 5.75. The molecule has 0 radical (unpaired) electrons. The molecule has 2 atom stereocenters. The summed E-state index contributed by atoms with van der Waals surface area (Å²) in [6, 6.07) is 0. The molecule has 4 heteroatoms. The van der Waals surface area contributed by atoms with E-state index in [0.717, 1.165) is 19.3 Å². The Bertz CT molecular complexity index is 246. The zero-order valence-electron chi connectivity index (χ0n) is 11.1. The predicted molar refractivity (Wildman–Crippen MR) is 68.8 cm³/mol. The van der Waals surface area contributed by atoms with Gasteiger partial charge in [-0.1, -0.05) is 19.8 Å². The molecule has 0 aromatic carbocycles. The van der Waals surface area contributed by atoms with E-state index in [9.17, 15) is 9.90 Å². The van der Waals surface area contributed by atoms with E-state index in [-0.39, 0.29) is 5.91 Å². The molecule has 1 fully saturated rings. The molecule has 17 heavy (non-hydrogen) atoms. The van der Waals surface area contributed by atoms with E-state index in [4.69, 9.17) is 0 Å². The van der Waals surface area contributed by atoms with Gasteiger partial charge in [0.2, 0.25) is 5.91 Å². The van der Waals surface area contributed by atoms with Crippen LogP contribution in [0, 0.1) is 5.92 Å². The van der Waals surface area contributed by atoms with Crippen molar-refractivity contribution in [1.82, 2.24) is 10.6 Å². The monoisotopic (exact) mass is 242 g/mol. The Morgan fingerprint density at radius 2 is 2.29 bits per heavy atom. The summed E-state index contributed by atoms with van der Waals surface area (Å²) in [5, 5.41) is 16.3. The summed E-state index contributed by atoms with van der Waals surface area (Å²) in [7, 11) is 0. The van der Waals surface area contributed by atoms with E-state index >= 15 is 0 Å². The van der Waals surface area contributed by atoms with Crippen LogP contribution in [0.3, 0.4) is 0 Å². The second-order valence-electron chi connectivity index (χ2n) is 5.31. The summed E-state index contributed by atoms with van der Waals surface area (Å²) in [5.41, 5.74) is -0.557. The average Bonchev–Trinajstić information content (AvgIpc) is 2.24. The first-order chi connectivity index (χ1) is 8.06. The molecule has 0 aliphatic heterocycles. The number of amides is 1. The maximum atomic E-state index is 11.2. The van der Waals surface area contributed by atoms with Crippen LogP contribution in [0.5, 0.6) is 0 Å². The van der Waals surface area contributed by atoms with E-state index < -0.39 is 5.60 Å². The van der Waals surface area contributed by atoms with Crippen LogP contribution in [0.4, 0.5) is 0 Å². The lowest BCUT2D eigenvalue weighted by Crippen LogP contribution is -2.44. The van der Waals surface area contributed by atoms with E-state index in [1.165, 1.54) is 6.42 Å². The van der Waals surface area contributed by atoms with Crippen LogP contribution in [-0.4, -0.2) is 36.2 Å². The van der Waals surface area contributed by atoms with Crippen molar-refractivity contribution < 1.29 is 9.90 Å². The van der Waals surface area contributed by atoms with Crippen LogP contribution in [0.15, 0.2) is 0 Å². The van der Waals surface area contributed by atoms with Crippen molar-refractivity contribution in [2.45, 2.75) is 51.6 Å². The van der Waals surface area contributed by atoms with Crippen LogP contribution in [0.2, 0.25) is 0 Å². The second-order valence-corrected chi connectivity index (χ2v) is 5.31. The second kappa shape index (κ2) is 6.97. The summed E-state index contributed by atoms with van der Waals surface area (Å²) in [5.74, 6) is 0.683. The fourth-order valence-corrected chi connectivity index (χ4v) is 2.60. The van der Waals surface area contributed by atoms with Gasteiger partial charge >= 0.3 is 0 Å². The molecule has 1 amide bonds. The van der Waals surface area contributed by atoms with Gasteiger partial charge in [-0.15, -0.1) is 0 Å². The molecule has 100 valence electrons. The number of aliphatic hydroxyl groups is 1. The maximum absolute atomic E-state index is 11.2. The first-order valence-corrected chi connectivity index (χ1v) is 6.75. The molecular weight excluding hydrogens is 216 g/mol. The molecule has 0 aromatic heterocycles. The van der Waals surface area contributed by atoms with Crippen molar-refractivity contribution in [3.8, 4) is 0 Å². The molecule has 0 spiro atoms. The maximum Gasteiger partial charge on any atom is 0.221 e. The molecule has 1 aliphatic rings. The largest absolute Gasteiger partial charge is 0.389 e. The van der Waals surface area contributed by atoms with E-state index in [1.807, 2.05) is 6.92 Å². The summed E-state index contributed by atoms with van der Waals surface area (Å²) >= 11 is 0. The number of hydrogen-bond acceptors (Lipinski definition) is 3. The van der Waals surface area contributed by atoms with Gasteiger partial charge in [0.15, 0.2) is 0 Å². The number of hydrogen-bond donors (Lipinski definition) is 3. The van der Waals surface area contributed by atoms with E-state index in [0.29, 0.717) is 32.0 Å². The Balaban J connectivity index is 2.15. The standard InChI is InChI=1S/C13H26N2O2/c1-3-15-12(16)6-8-14-10-13(17)7-4-5-11(2)9-13/h11,14,17H,3-10H2,1-2H3,(H,15,16). The van der Waals surface area contributed by atoms with Gasteiger partial charge in [0.05, 0.1) is 5.60 Å². The van der Waals surface area contributed by atoms with Crippen molar-refractivity contribution in [2.24, 2.45) is 5.92 Å². The molecular formula is C13H26N2O2. The third-order valence-corrected chi connectivity index (χ3v) is 3.42. The minimum Gasteiger partial charge on any atom is -0.389 e. The van der Waals surface area contributed by atoms with Gasteiger partial charge in [-0.05, 0) is 25.7 Å². The van der Waals surface area contributed by atoms with Gasteiger partial charge < -0.3 is 15.7 Å². The number of carbonyl (C=O) groups is 1. The van der Waals surface area contributed by atoms with Crippen molar-refractivity contribution >= 4 is 5.91 Å². The summed E-state index contributed by atoms with van der Waals surface area (Å²) in [6.45, 7) is 6.04. The number of nitrogens with one attached hydrogen (secondary N) is 2. The highest BCUT2D eigenvalue weighted by atomic mass is 16.3. The number of rotatable bonds is 6. The molecule has 3 N–H and O–H groups in total. The van der Waals surface area contributed by atoms with E-state index in [2.05, 4.69) is 17.6 Å². The molecule has 2 unspecified atom stereocenters. The van der Waals surface area contributed by atoms with Gasteiger partial charge in [0, 0.05) is 26.1 Å². The lowest BCUT2D eigenvalue weighted by Gasteiger charge is -2.35. The van der Waals surface area contributed by atoms with Gasteiger partial charge in [-0.2, -0.15) is 0 Å². The van der Waals surface area contributed by atoms with Crippen LogP contribution in [-0.2, 0) is 4.79 Å². The average molecular weight is 242 g/mol. The Morgan fingerprint density at radius 1 is 1.53 bits per heavy atom. The topological polar surface area (TPSA) is 61.4 Å². The molecule has 1 saturated carbocycles. The summed E-state index contributed by atoms with van der Waals surface area (Å²) in [4.78, 5) is 11.2. The molecule has 1 rings (SSSR count). The first-order valence-electron chi connectivity index (χ1n) is 6.75. The summed E-state index contributed by atoms with van der Waals surface area (Å²) < 4.78 is 0. The molecule has 0 saturated heterocycles. The Hall–Kier alpha value is -0.610. The highest BCUT2D eigenvalue weighted by Crippen LogP contribution is 2.31. The van der Waals surface area contributed by atoms with Crippen molar-refractivity contribution in [1.29, 1.82) is 0 Å². The fourth-order valence-electron chi connectivity index (χ4n) is 2.60. The van der Waals surface area contributed by atoms with Crippen LogP contribution in [0.1, 0.15) is 46.0 Å². The normalized spacial score (nSPS) is 29.0. The third kappa shape index (κ3) is 5.50. The SMILES string of the molecule is CCNC(=O)CCNCC1(O)CCCC(C)C1. The quantitative estimate of drug-likeness (QED) is 0.610. The molecule has 0 aromatic rings. The highest BCUT2D eigenvalue weighted by Gasteiger charge is 2.31. The van der Waals surface area contributed by atoms with Gasteiger partial charge in [0.25, 0.3) is 0 Å². The van der Waals surface area contributed by atoms with Crippen LogP contribution < -0.4 is 10.6 Å². The predicted octanol–water partition coefficient (Wildman–Crippen LogP) is 1.04. The fraction of sp³-hybridized carbons (Fsp3) is 0.923. The Morgan fingerprint density at radius 3 is 2.94 bits per heavy atom. The molecule has 0 heterocycles.